The van der Waals surface area contributed by atoms with Crippen LogP contribution in [0.5, 0.6) is 5.75 Å². The van der Waals surface area contributed by atoms with Gasteiger partial charge in [0.1, 0.15) is 11.4 Å². The zero-order valence-electron chi connectivity index (χ0n) is 16.2. The number of ether oxygens (including phenoxy) is 1. The van der Waals surface area contributed by atoms with Gasteiger partial charge < -0.3 is 9.84 Å². The van der Waals surface area contributed by atoms with Gasteiger partial charge in [0.25, 0.3) is 0 Å². The fourth-order valence-corrected chi connectivity index (χ4v) is 3.51. The predicted octanol–water partition coefficient (Wildman–Crippen LogP) is 4.98. The number of carboxylic acid groups (broad SMARTS) is 1. The molecule has 0 aliphatic rings. The smallest absolute Gasteiger partial charge is 0.358 e. The van der Waals surface area contributed by atoms with Crippen LogP contribution in [0.2, 0.25) is 5.02 Å². The van der Waals surface area contributed by atoms with Crippen molar-refractivity contribution >= 4 is 28.3 Å². The maximum atomic E-state index is 15.6. The number of benzene rings is 3. The van der Waals surface area contributed by atoms with Crippen LogP contribution in [0.3, 0.4) is 0 Å². The molecule has 0 spiro atoms. The van der Waals surface area contributed by atoms with E-state index >= 15 is 8.78 Å². The molecule has 4 aromatic rings. The van der Waals surface area contributed by atoms with E-state index in [0.29, 0.717) is 27.1 Å². The molecule has 9 heteroatoms. The van der Waals surface area contributed by atoms with E-state index in [9.17, 15) is 9.90 Å². The van der Waals surface area contributed by atoms with E-state index in [2.05, 4.69) is 10.3 Å². The third-order valence-electron chi connectivity index (χ3n) is 4.89. The van der Waals surface area contributed by atoms with Crippen molar-refractivity contribution in [1.82, 2.24) is 15.0 Å². The number of aromatic nitrogens is 3. The standard InChI is InChI=1S/C22H16ClF2N3O3/c1-31-18-8-2-13(3-9-18)12-28-20(19(21(29)30)26-27-28)22(24,25)16-6-4-15-11-17(23)7-5-14(15)10-16/h2-11H,12H2,1H3,(H,29,30). The van der Waals surface area contributed by atoms with E-state index in [-0.39, 0.29) is 12.1 Å². The molecule has 0 bridgehead atoms. The minimum atomic E-state index is -3.66. The van der Waals surface area contributed by atoms with E-state index in [1.54, 1.807) is 42.5 Å². The van der Waals surface area contributed by atoms with Crippen LogP contribution < -0.4 is 4.74 Å². The Kier molecular flexibility index (Phi) is 5.32. The molecule has 0 atom stereocenters. The number of carbonyl (C=O) groups is 1. The van der Waals surface area contributed by atoms with E-state index < -0.39 is 23.3 Å². The highest BCUT2D eigenvalue weighted by Gasteiger charge is 2.43. The molecule has 3 aromatic carbocycles. The molecule has 0 amide bonds. The zero-order valence-corrected chi connectivity index (χ0v) is 17.0. The maximum Gasteiger partial charge on any atom is 0.358 e. The van der Waals surface area contributed by atoms with Gasteiger partial charge in [0, 0.05) is 10.6 Å². The molecule has 0 aliphatic heterocycles. The highest BCUT2D eigenvalue weighted by Crippen LogP contribution is 2.38. The van der Waals surface area contributed by atoms with Crippen LogP contribution in [0.4, 0.5) is 8.78 Å². The van der Waals surface area contributed by atoms with Gasteiger partial charge in [0.05, 0.1) is 13.7 Å². The van der Waals surface area contributed by atoms with Crippen LogP contribution >= 0.6 is 11.6 Å². The number of hydrogen-bond donors (Lipinski definition) is 1. The molecule has 0 aliphatic carbocycles. The molecule has 0 radical (unpaired) electrons. The summed E-state index contributed by atoms with van der Waals surface area (Å²) < 4.78 is 37.2. The first-order chi connectivity index (χ1) is 14.8. The van der Waals surface area contributed by atoms with Crippen molar-refractivity contribution in [3.63, 3.8) is 0 Å². The highest BCUT2D eigenvalue weighted by molar-refractivity contribution is 6.31. The molecule has 4 rings (SSSR count). The van der Waals surface area contributed by atoms with Crippen LogP contribution in [0.15, 0.2) is 60.7 Å². The zero-order chi connectivity index (χ0) is 22.2. The van der Waals surface area contributed by atoms with E-state index in [1.807, 2.05) is 0 Å². The van der Waals surface area contributed by atoms with Crippen molar-refractivity contribution in [2.24, 2.45) is 0 Å². The topological polar surface area (TPSA) is 77.2 Å². The van der Waals surface area contributed by atoms with Gasteiger partial charge in [0.2, 0.25) is 0 Å². The number of hydrogen-bond acceptors (Lipinski definition) is 4. The number of halogens is 3. The summed E-state index contributed by atoms with van der Waals surface area (Å²) in [4.78, 5) is 11.6. The first-order valence-electron chi connectivity index (χ1n) is 9.17. The lowest BCUT2D eigenvalue weighted by Crippen LogP contribution is -2.24. The number of methoxy groups -OCH3 is 1. The monoisotopic (exact) mass is 443 g/mol. The number of fused-ring (bicyclic) bond motifs is 1. The number of alkyl halides is 2. The summed E-state index contributed by atoms with van der Waals surface area (Å²) in [7, 11) is 1.52. The molecule has 6 nitrogen and oxygen atoms in total. The number of nitrogens with zero attached hydrogens (tertiary/aromatic N) is 3. The van der Waals surface area contributed by atoms with Crippen molar-refractivity contribution in [2.75, 3.05) is 7.11 Å². The van der Waals surface area contributed by atoms with E-state index in [1.165, 1.54) is 25.3 Å². The van der Waals surface area contributed by atoms with Gasteiger partial charge in [-0.2, -0.15) is 8.78 Å². The van der Waals surface area contributed by atoms with Crippen LogP contribution in [-0.2, 0) is 12.5 Å². The second kappa shape index (κ2) is 7.96. The van der Waals surface area contributed by atoms with Crippen molar-refractivity contribution < 1.29 is 23.4 Å². The summed E-state index contributed by atoms with van der Waals surface area (Å²) in [5.74, 6) is -4.63. The van der Waals surface area contributed by atoms with Crippen LogP contribution in [0.1, 0.15) is 27.3 Å². The SMILES string of the molecule is COc1ccc(Cn2nnc(C(=O)O)c2C(F)(F)c2ccc3cc(Cl)ccc3c2)cc1. The van der Waals surface area contributed by atoms with Gasteiger partial charge in [-0.05, 0) is 46.7 Å². The van der Waals surface area contributed by atoms with Crippen molar-refractivity contribution in [2.45, 2.75) is 12.5 Å². The molecule has 1 aromatic heterocycles. The third-order valence-corrected chi connectivity index (χ3v) is 5.13. The normalized spacial score (nSPS) is 11.6. The first kappa shape index (κ1) is 20.7. The molecule has 0 fully saturated rings. The summed E-state index contributed by atoms with van der Waals surface area (Å²) in [6.07, 6.45) is 0. The third kappa shape index (κ3) is 3.94. The average Bonchev–Trinajstić information content (AvgIpc) is 3.18. The summed E-state index contributed by atoms with van der Waals surface area (Å²) in [6.45, 7) is -0.0849. The minimum absolute atomic E-state index is 0.0849. The van der Waals surface area contributed by atoms with Crippen LogP contribution in [0, 0.1) is 0 Å². The van der Waals surface area contributed by atoms with Gasteiger partial charge in [-0.3, -0.25) is 0 Å². The quantitative estimate of drug-likeness (QED) is 0.454. The molecular formula is C22H16ClF2N3O3. The summed E-state index contributed by atoms with van der Waals surface area (Å²) in [6, 6.07) is 15.7. The van der Waals surface area contributed by atoms with Crippen molar-refractivity contribution in [3.05, 3.63) is 88.2 Å². The Bertz CT molecular complexity index is 1270. The van der Waals surface area contributed by atoms with Gasteiger partial charge in [0.15, 0.2) is 5.69 Å². The highest BCUT2D eigenvalue weighted by atomic mass is 35.5. The van der Waals surface area contributed by atoms with Gasteiger partial charge in [-0.1, -0.05) is 47.1 Å². The molecule has 0 saturated carbocycles. The Morgan fingerprint density at radius 2 is 1.77 bits per heavy atom. The Morgan fingerprint density at radius 3 is 2.45 bits per heavy atom. The lowest BCUT2D eigenvalue weighted by atomic mass is 9.99. The van der Waals surface area contributed by atoms with Gasteiger partial charge >= 0.3 is 11.9 Å². The van der Waals surface area contributed by atoms with E-state index in [4.69, 9.17) is 16.3 Å². The van der Waals surface area contributed by atoms with Crippen molar-refractivity contribution in [3.8, 4) is 5.75 Å². The summed E-state index contributed by atoms with van der Waals surface area (Å²) in [5.41, 5.74) is -1.32. The second-order valence-electron chi connectivity index (χ2n) is 6.88. The maximum absolute atomic E-state index is 15.6. The van der Waals surface area contributed by atoms with Gasteiger partial charge in [-0.15, -0.1) is 5.10 Å². The average molecular weight is 444 g/mol. The summed E-state index contributed by atoms with van der Waals surface area (Å²) >= 11 is 5.96. The van der Waals surface area contributed by atoms with Crippen molar-refractivity contribution in [1.29, 1.82) is 0 Å². The molecule has 0 saturated heterocycles. The number of carboxylic acids is 1. The second-order valence-corrected chi connectivity index (χ2v) is 7.31. The minimum Gasteiger partial charge on any atom is -0.497 e. The fraction of sp³-hybridized carbons (Fsp3) is 0.136. The lowest BCUT2D eigenvalue weighted by Gasteiger charge is -2.19. The Hall–Kier alpha value is -3.52. The molecule has 0 unspecified atom stereocenters. The van der Waals surface area contributed by atoms with Crippen LogP contribution in [-0.4, -0.2) is 33.2 Å². The fourth-order valence-electron chi connectivity index (χ4n) is 3.33. The van der Waals surface area contributed by atoms with E-state index in [0.717, 1.165) is 4.68 Å². The lowest BCUT2D eigenvalue weighted by molar-refractivity contribution is 0.0303. The Labute approximate surface area is 180 Å². The first-order valence-corrected chi connectivity index (χ1v) is 9.55. The van der Waals surface area contributed by atoms with Gasteiger partial charge in [-0.25, -0.2) is 9.48 Å². The molecule has 1 N–H and O–H groups in total. The Morgan fingerprint density at radius 1 is 1.10 bits per heavy atom. The molecule has 31 heavy (non-hydrogen) atoms. The predicted molar refractivity (Wildman–Crippen MR) is 111 cm³/mol. The van der Waals surface area contributed by atoms with Crippen LogP contribution in [0.25, 0.3) is 10.8 Å². The largest absolute Gasteiger partial charge is 0.497 e. The Balaban J connectivity index is 1.79. The number of rotatable bonds is 6. The summed E-state index contributed by atoms with van der Waals surface area (Å²) in [5, 5.41) is 18.4. The molecule has 1 heterocycles. The molecule has 158 valence electrons. The molecular weight excluding hydrogens is 428 g/mol. The number of aromatic carboxylic acids is 1.